The SMILES string of the molecule is COc1ccc(OC)c(CC(=O)N[C@@H]2CCCc3c2cnn3-c2cccc(C)c2C)c1. The highest BCUT2D eigenvalue weighted by atomic mass is 16.5. The molecule has 0 unspecified atom stereocenters. The first-order valence-corrected chi connectivity index (χ1v) is 10.7. The average molecular weight is 420 g/mol. The van der Waals surface area contributed by atoms with E-state index in [1.165, 1.54) is 16.8 Å². The van der Waals surface area contributed by atoms with E-state index in [1.54, 1.807) is 14.2 Å². The number of nitrogens with one attached hydrogen (secondary N) is 1. The molecule has 0 bridgehead atoms. The predicted octanol–water partition coefficient (Wildman–Crippen LogP) is 4.24. The molecule has 4 rings (SSSR count). The largest absolute Gasteiger partial charge is 0.497 e. The Morgan fingerprint density at radius 1 is 1.19 bits per heavy atom. The summed E-state index contributed by atoms with van der Waals surface area (Å²) in [6.45, 7) is 4.24. The lowest BCUT2D eigenvalue weighted by Crippen LogP contribution is -2.32. The topological polar surface area (TPSA) is 65.4 Å². The van der Waals surface area contributed by atoms with Gasteiger partial charge in [0.2, 0.25) is 5.91 Å². The molecule has 1 aliphatic carbocycles. The van der Waals surface area contributed by atoms with Gasteiger partial charge in [-0.3, -0.25) is 4.79 Å². The maximum absolute atomic E-state index is 12.9. The first-order chi connectivity index (χ1) is 15.0. The van der Waals surface area contributed by atoms with Gasteiger partial charge in [-0.1, -0.05) is 12.1 Å². The van der Waals surface area contributed by atoms with Gasteiger partial charge in [0, 0.05) is 16.8 Å². The number of rotatable bonds is 6. The second-order valence-electron chi connectivity index (χ2n) is 8.04. The number of fused-ring (bicyclic) bond motifs is 1. The van der Waals surface area contributed by atoms with Crippen LogP contribution in [-0.4, -0.2) is 29.9 Å². The van der Waals surface area contributed by atoms with Crippen molar-refractivity contribution < 1.29 is 14.3 Å². The summed E-state index contributed by atoms with van der Waals surface area (Å²) >= 11 is 0. The molecular formula is C25H29N3O3. The van der Waals surface area contributed by atoms with Crippen LogP contribution in [0.15, 0.2) is 42.6 Å². The van der Waals surface area contributed by atoms with Crippen LogP contribution in [-0.2, 0) is 17.6 Å². The van der Waals surface area contributed by atoms with Crippen molar-refractivity contribution in [1.29, 1.82) is 0 Å². The highest BCUT2D eigenvalue weighted by Crippen LogP contribution is 2.32. The van der Waals surface area contributed by atoms with Gasteiger partial charge in [-0.2, -0.15) is 5.10 Å². The monoisotopic (exact) mass is 419 g/mol. The van der Waals surface area contributed by atoms with Crippen molar-refractivity contribution in [3.05, 3.63) is 70.5 Å². The number of amides is 1. The van der Waals surface area contributed by atoms with Crippen molar-refractivity contribution in [1.82, 2.24) is 15.1 Å². The Balaban J connectivity index is 1.55. The van der Waals surface area contributed by atoms with E-state index in [0.29, 0.717) is 11.5 Å². The standard InChI is InChI=1S/C25H29N3O3/c1-16-7-5-9-22(17(16)2)28-23-10-6-8-21(20(23)15-26-28)27-25(29)14-18-13-19(30-3)11-12-24(18)31-4/h5,7,9,11-13,15,21H,6,8,10,14H2,1-4H3,(H,27,29)/t21-/m1/s1. The van der Waals surface area contributed by atoms with Gasteiger partial charge in [0.05, 0.1) is 38.6 Å². The molecule has 6 nitrogen and oxygen atoms in total. The average Bonchev–Trinajstić information content (AvgIpc) is 3.20. The van der Waals surface area contributed by atoms with Crippen LogP contribution in [0.3, 0.4) is 0 Å². The molecule has 3 aromatic rings. The molecule has 1 amide bonds. The van der Waals surface area contributed by atoms with Crippen LogP contribution in [0.4, 0.5) is 0 Å². The third-order valence-corrected chi connectivity index (χ3v) is 6.16. The van der Waals surface area contributed by atoms with Crippen molar-refractivity contribution in [2.45, 2.75) is 45.6 Å². The van der Waals surface area contributed by atoms with Gasteiger partial charge < -0.3 is 14.8 Å². The van der Waals surface area contributed by atoms with Gasteiger partial charge in [-0.25, -0.2) is 4.68 Å². The number of ether oxygens (including phenoxy) is 2. The molecule has 1 aliphatic rings. The van der Waals surface area contributed by atoms with Crippen LogP contribution in [0.5, 0.6) is 11.5 Å². The van der Waals surface area contributed by atoms with Gasteiger partial charge in [0.1, 0.15) is 11.5 Å². The molecule has 1 N–H and O–H groups in total. The second-order valence-corrected chi connectivity index (χ2v) is 8.04. The van der Waals surface area contributed by atoms with Gasteiger partial charge in [0.15, 0.2) is 0 Å². The first-order valence-electron chi connectivity index (χ1n) is 10.7. The highest BCUT2D eigenvalue weighted by Gasteiger charge is 2.27. The van der Waals surface area contributed by atoms with E-state index in [0.717, 1.165) is 36.1 Å². The van der Waals surface area contributed by atoms with Gasteiger partial charge in [-0.05, 0) is 68.5 Å². The molecule has 0 fully saturated rings. The van der Waals surface area contributed by atoms with E-state index in [9.17, 15) is 4.79 Å². The van der Waals surface area contributed by atoms with Crippen LogP contribution in [0, 0.1) is 13.8 Å². The Bertz CT molecular complexity index is 1100. The molecule has 6 heteroatoms. The van der Waals surface area contributed by atoms with Crippen molar-refractivity contribution in [3.8, 4) is 17.2 Å². The maximum atomic E-state index is 12.9. The molecule has 1 aromatic heterocycles. The highest BCUT2D eigenvalue weighted by molar-refractivity contribution is 5.80. The Kier molecular flexibility index (Phi) is 5.98. The minimum absolute atomic E-state index is 0.0354. The maximum Gasteiger partial charge on any atom is 0.225 e. The minimum Gasteiger partial charge on any atom is -0.497 e. The number of benzene rings is 2. The molecule has 1 atom stereocenters. The number of carbonyl (C=O) groups is 1. The molecule has 1 heterocycles. The van der Waals surface area contributed by atoms with Crippen LogP contribution in [0.25, 0.3) is 5.69 Å². The molecule has 0 aliphatic heterocycles. The first kappa shape index (κ1) is 21.0. The molecule has 162 valence electrons. The number of nitrogens with zero attached hydrogens (tertiary/aromatic N) is 2. The van der Waals surface area contributed by atoms with Crippen LogP contribution < -0.4 is 14.8 Å². The molecule has 0 saturated heterocycles. The van der Waals surface area contributed by atoms with E-state index in [2.05, 4.69) is 37.4 Å². The number of aromatic nitrogens is 2. The smallest absolute Gasteiger partial charge is 0.225 e. The van der Waals surface area contributed by atoms with Crippen LogP contribution in [0.2, 0.25) is 0 Å². The number of carbonyl (C=O) groups excluding carboxylic acids is 1. The van der Waals surface area contributed by atoms with Crippen LogP contribution >= 0.6 is 0 Å². The van der Waals surface area contributed by atoms with E-state index in [4.69, 9.17) is 14.6 Å². The number of methoxy groups -OCH3 is 2. The number of aryl methyl sites for hydroxylation is 1. The second kappa shape index (κ2) is 8.84. The van der Waals surface area contributed by atoms with E-state index in [1.807, 2.05) is 29.1 Å². The van der Waals surface area contributed by atoms with Gasteiger partial charge in [0.25, 0.3) is 0 Å². The molecule has 0 spiro atoms. The summed E-state index contributed by atoms with van der Waals surface area (Å²) in [7, 11) is 3.22. The Morgan fingerprint density at radius 3 is 2.81 bits per heavy atom. The lowest BCUT2D eigenvalue weighted by molar-refractivity contribution is -0.121. The van der Waals surface area contributed by atoms with Crippen molar-refractivity contribution in [3.63, 3.8) is 0 Å². The lowest BCUT2D eigenvalue weighted by atomic mass is 9.92. The quantitative estimate of drug-likeness (QED) is 0.649. The molecule has 0 saturated carbocycles. The van der Waals surface area contributed by atoms with Gasteiger partial charge in [-0.15, -0.1) is 0 Å². The summed E-state index contributed by atoms with van der Waals surface area (Å²) in [5, 5.41) is 7.90. The zero-order chi connectivity index (χ0) is 22.0. The van der Waals surface area contributed by atoms with E-state index < -0.39 is 0 Å². The third-order valence-electron chi connectivity index (χ3n) is 6.16. The summed E-state index contributed by atoms with van der Waals surface area (Å²) < 4.78 is 12.8. The normalized spacial score (nSPS) is 15.3. The number of hydrogen-bond donors (Lipinski definition) is 1. The fourth-order valence-corrected chi connectivity index (χ4v) is 4.32. The van der Waals surface area contributed by atoms with Gasteiger partial charge >= 0.3 is 0 Å². The summed E-state index contributed by atoms with van der Waals surface area (Å²) in [6.07, 6.45) is 5.02. The molecular weight excluding hydrogens is 390 g/mol. The minimum atomic E-state index is -0.0381. The van der Waals surface area contributed by atoms with Crippen molar-refractivity contribution >= 4 is 5.91 Å². The molecule has 2 aromatic carbocycles. The Hall–Kier alpha value is -3.28. The summed E-state index contributed by atoms with van der Waals surface area (Å²) in [5.74, 6) is 1.35. The Morgan fingerprint density at radius 2 is 2.03 bits per heavy atom. The fourth-order valence-electron chi connectivity index (χ4n) is 4.32. The van der Waals surface area contributed by atoms with Crippen molar-refractivity contribution in [2.24, 2.45) is 0 Å². The predicted molar refractivity (Wildman–Crippen MR) is 120 cm³/mol. The van der Waals surface area contributed by atoms with Crippen LogP contribution in [0.1, 0.15) is 46.8 Å². The zero-order valence-corrected chi connectivity index (χ0v) is 18.6. The molecule has 0 radical (unpaired) electrons. The van der Waals surface area contributed by atoms with Crippen molar-refractivity contribution in [2.75, 3.05) is 14.2 Å². The zero-order valence-electron chi connectivity index (χ0n) is 18.6. The summed E-state index contributed by atoms with van der Waals surface area (Å²) in [6, 6.07) is 11.8. The fraction of sp³-hybridized carbons (Fsp3) is 0.360. The number of hydrogen-bond acceptors (Lipinski definition) is 4. The summed E-state index contributed by atoms with van der Waals surface area (Å²) in [5.41, 5.74) is 6.68. The Labute approximate surface area is 183 Å². The van der Waals surface area contributed by atoms with E-state index in [-0.39, 0.29) is 18.4 Å². The third kappa shape index (κ3) is 4.15. The molecule has 31 heavy (non-hydrogen) atoms. The summed E-state index contributed by atoms with van der Waals surface area (Å²) in [4.78, 5) is 12.9. The lowest BCUT2D eigenvalue weighted by Gasteiger charge is -2.25. The van der Waals surface area contributed by atoms with E-state index >= 15 is 0 Å².